The summed E-state index contributed by atoms with van der Waals surface area (Å²) in [4.78, 5) is 8.43. The van der Waals surface area contributed by atoms with Crippen molar-refractivity contribution in [2.45, 2.75) is 33.6 Å². The summed E-state index contributed by atoms with van der Waals surface area (Å²) >= 11 is 0. The molecule has 0 radical (unpaired) electrons. The highest BCUT2D eigenvalue weighted by Crippen LogP contribution is 2.21. The van der Waals surface area contributed by atoms with Gasteiger partial charge in [0.05, 0.1) is 0 Å². The molecule has 0 atom stereocenters. The van der Waals surface area contributed by atoms with Gasteiger partial charge >= 0.3 is 0 Å². The third kappa shape index (κ3) is 6.38. The molecule has 1 aromatic rings. The molecule has 0 saturated heterocycles. The van der Waals surface area contributed by atoms with Crippen molar-refractivity contribution in [2.24, 2.45) is 5.41 Å². The Labute approximate surface area is 116 Å². The van der Waals surface area contributed by atoms with E-state index in [2.05, 4.69) is 41.4 Å². The van der Waals surface area contributed by atoms with E-state index in [1.54, 1.807) is 13.4 Å². The van der Waals surface area contributed by atoms with Crippen molar-refractivity contribution in [3.63, 3.8) is 0 Å². The highest BCUT2D eigenvalue weighted by Gasteiger charge is 2.17. The van der Waals surface area contributed by atoms with Crippen LogP contribution in [0.15, 0.2) is 12.4 Å². The van der Waals surface area contributed by atoms with Crippen LogP contribution in [-0.2, 0) is 4.74 Å². The maximum atomic E-state index is 5.13. The standard InChI is InChI=1S/C14H26N4O/c1-5-7-15-12-9-13(18-11-17-12)16-10-14(2,3)6-8-19-4/h9,11H,5-8,10H2,1-4H3,(H2,15,16,17,18). The molecule has 0 aliphatic heterocycles. The lowest BCUT2D eigenvalue weighted by atomic mass is 9.90. The minimum absolute atomic E-state index is 0.179. The number of hydrogen-bond donors (Lipinski definition) is 2. The second-order valence-corrected chi connectivity index (χ2v) is 5.48. The topological polar surface area (TPSA) is 59.1 Å². The van der Waals surface area contributed by atoms with E-state index in [9.17, 15) is 0 Å². The highest BCUT2D eigenvalue weighted by atomic mass is 16.5. The van der Waals surface area contributed by atoms with Crippen molar-refractivity contribution in [2.75, 3.05) is 37.4 Å². The predicted molar refractivity (Wildman–Crippen MR) is 79.6 cm³/mol. The van der Waals surface area contributed by atoms with Gasteiger partial charge in [-0.25, -0.2) is 9.97 Å². The Hall–Kier alpha value is -1.36. The second kappa shape index (κ2) is 7.94. The number of rotatable bonds is 9. The first-order valence-electron chi connectivity index (χ1n) is 6.86. The first-order chi connectivity index (χ1) is 9.07. The number of methoxy groups -OCH3 is 1. The quantitative estimate of drug-likeness (QED) is 0.719. The maximum Gasteiger partial charge on any atom is 0.131 e. The number of nitrogens with zero attached hydrogens (tertiary/aromatic N) is 2. The van der Waals surface area contributed by atoms with Gasteiger partial charge in [-0.05, 0) is 18.3 Å². The zero-order chi connectivity index (χ0) is 14.1. The number of hydrogen-bond acceptors (Lipinski definition) is 5. The summed E-state index contributed by atoms with van der Waals surface area (Å²) in [6.07, 6.45) is 3.68. The molecule has 5 heteroatoms. The maximum absolute atomic E-state index is 5.13. The molecule has 0 aliphatic carbocycles. The third-order valence-electron chi connectivity index (χ3n) is 2.95. The van der Waals surface area contributed by atoms with Crippen molar-refractivity contribution in [1.82, 2.24) is 9.97 Å². The molecule has 0 spiro atoms. The van der Waals surface area contributed by atoms with Crippen LogP contribution < -0.4 is 10.6 Å². The van der Waals surface area contributed by atoms with E-state index < -0.39 is 0 Å². The van der Waals surface area contributed by atoms with Crippen LogP contribution in [0.5, 0.6) is 0 Å². The van der Waals surface area contributed by atoms with E-state index in [1.807, 2.05) is 6.07 Å². The molecule has 5 nitrogen and oxygen atoms in total. The molecule has 108 valence electrons. The molecular formula is C14H26N4O. The molecule has 0 unspecified atom stereocenters. The molecule has 1 aromatic heterocycles. The lowest BCUT2D eigenvalue weighted by Crippen LogP contribution is -2.25. The summed E-state index contributed by atoms with van der Waals surface area (Å²) in [6.45, 7) is 9.14. The lowest BCUT2D eigenvalue weighted by Gasteiger charge is -2.24. The Balaban J connectivity index is 2.48. The van der Waals surface area contributed by atoms with Crippen LogP contribution in [0.25, 0.3) is 0 Å². The van der Waals surface area contributed by atoms with Gasteiger partial charge in [-0.2, -0.15) is 0 Å². The summed E-state index contributed by atoms with van der Waals surface area (Å²) in [5.41, 5.74) is 0.179. The summed E-state index contributed by atoms with van der Waals surface area (Å²) in [5, 5.41) is 6.62. The zero-order valence-corrected chi connectivity index (χ0v) is 12.5. The molecule has 1 heterocycles. The Kier molecular flexibility index (Phi) is 6.56. The number of anilines is 2. The molecule has 19 heavy (non-hydrogen) atoms. The van der Waals surface area contributed by atoms with E-state index in [1.165, 1.54) is 0 Å². The van der Waals surface area contributed by atoms with Gasteiger partial charge in [0.25, 0.3) is 0 Å². The lowest BCUT2D eigenvalue weighted by molar-refractivity contribution is 0.157. The summed E-state index contributed by atoms with van der Waals surface area (Å²) in [5.74, 6) is 1.73. The van der Waals surface area contributed by atoms with Gasteiger partial charge in [-0.3, -0.25) is 0 Å². The van der Waals surface area contributed by atoms with Crippen LogP contribution >= 0.6 is 0 Å². The van der Waals surface area contributed by atoms with Crippen LogP contribution in [0.1, 0.15) is 33.6 Å². The first-order valence-corrected chi connectivity index (χ1v) is 6.86. The summed E-state index contributed by atoms with van der Waals surface area (Å²) < 4.78 is 5.13. The van der Waals surface area contributed by atoms with Crippen molar-refractivity contribution in [1.29, 1.82) is 0 Å². The van der Waals surface area contributed by atoms with Gasteiger partial charge < -0.3 is 15.4 Å². The van der Waals surface area contributed by atoms with Gasteiger partial charge in [0.2, 0.25) is 0 Å². The summed E-state index contributed by atoms with van der Waals surface area (Å²) in [6, 6.07) is 1.95. The van der Waals surface area contributed by atoms with E-state index in [4.69, 9.17) is 4.74 Å². The second-order valence-electron chi connectivity index (χ2n) is 5.48. The normalized spacial score (nSPS) is 11.4. The van der Waals surface area contributed by atoms with Crippen molar-refractivity contribution in [3.05, 3.63) is 12.4 Å². The average Bonchev–Trinajstić information content (AvgIpc) is 2.41. The number of aromatic nitrogens is 2. The van der Waals surface area contributed by atoms with E-state index in [0.717, 1.165) is 44.2 Å². The predicted octanol–water partition coefficient (Wildman–Crippen LogP) is 2.77. The van der Waals surface area contributed by atoms with E-state index in [-0.39, 0.29) is 5.41 Å². The first kappa shape index (κ1) is 15.7. The highest BCUT2D eigenvalue weighted by molar-refractivity contribution is 5.46. The molecule has 1 rings (SSSR count). The monoisotopic (exact) mass is 266 g/mol. The smallest absolute Gasteiger partial charge is 0.131 e. The van der Waals surface area contributed by atoms with Crippen molar-refractivity contribution >= 4 is 11.6 Å². The average molecular weight is 266 g/mol. The van der Waals surface area contributed by atoms with Gasteiger partial charge in [0.15, 0.2) is 0 Å². The fourth-order valence-corrected chi connectivity index (χ4v) is 1.60. The van der Waals surface area contributed by atoms with Crippen LogP contribution in [-0.4, -0.2) is 36.8 Å². The zero-order valence-electron chi connectivity index (χ0n) is 12.5. The Morgan fingerprint density at radius 1 is 1.21 bits per heavy atom. The Morgan fingerprint density at radius 2 is 1.89 bits per heavy atom. The van der Waals surface area contributed by atoms with Crippen molar-refractivity contribution in [3.8, 4) is 0 Å². The number of ether oxygens (including phenoxy) is 1. The van der Waals surface area contributed by atoms with Crippen molar-refractivity contribution < 1.29 is 4.74 Å². The SMILES string of the molecule is CCCNc1cc(NCC(C)(C)CCOC)ncn1. The van der Waals surface area contributed by atoms with E-state index >= 15 is 0 Å². The molecule has 0 saturated carbocycles. The minimum atomic E-state index is 0.179. The fourth-order valence-electron chi connectivity index (χ4n) is 1.60. The van der Waals surface area contributed by atoms with Gasteiger partial charge in [0.1, 0.15) is 18.0 Å². The van der Waals surface area contributed by atoms with Crippen LogP contribution in [0.4, 0.5) is 11.6 Å². The molecule has 2 N–H and O–H groups in total. The summed E-state index contributed by atoms with van der Waals surface area (Å²) in [7, 11) is 1.74. The minimum Gasteiger partial charge on any atom is -0.385 e. The fraction of sp³-hybridized carbons (Fsp3) is 0.714. The van der Waals surface area contributed by atoms with Gasteiger partial charge in [-0.15, -0.1) is 0 Å². The van der Waals surface area contributed by atoms with Crippen LogP contribution in [0.2, 0.25) is 0 Å². The molecule has 0 bridgehead atoms. The molecule has 0 amide bonds. The van der Waals surface area contributed by atoms with Crippen LogP contribution in [0, 0.1) is 5.41 Å². The molecule has 0 fully saturated rings. The Morgan fingerprint density at radius 3 is 2.53 bits per heavy atom. The Bertz CT molecular complexity index is 368. The molecule has 0 aliphatic rings. The van der Waals surface area contributed by atoms with Crippen LogP contribution in [0.3, 0.4) is 0 Å². The van der Waals surface area contributed by atoms with Gasteiger partial charge in [0, 0.05) is 32.9 Å². The number of nitrogens with one attached hydrogen (secondary N) is 2. The largest absolute Gasteiger partial charge is 0.385 e. The third-order valence-corrected chi connectivity index (χ3v) is 2.95. The van der Waals surface area contributed by atoms with Gasteiger partial charge in [-0.1, -0.05) is 20.8 Å². The van der Waals surface area contributed by atoms with E-state index in [0.29, 0.717) is 0 Å². The molecular weight excluding hydrogens is 240 g/mol. The molecule has 0 aromatic carbocycles.